The van der Waals surface area contributed by atoms with Crippen molar-refractivity contribution in [2.75, 3.05) is 6.54 Å². The van der Waals surface area contributed by atoms with Crippen LogP contribution in [0, 0.1) is 0 Å². The summed E-state index contributed by atoms with van der Waals surface area (Å²) in [7, 11) is 1.44. The second-order valence-corrected chi connectivity index (χ2v) is 4.31. The van der Waals surface area contributed by atoms with Gasteiger partial charge in [0, 0.05) is 19.8 Å². The number of carbonyl (C=O) groups is 2. The summed E-state index contributed by atoms with van der Waals surface area (Å²) in [5.74, 6) is -1.57. The third-order valence-electron chi connectivity index (χ3n) is 2.84. The molecule has 2 rings (SSSR count). The molecule has 2 heterocycles. The molecule has 0 saturated heterocycles. The van der Waals surface area contributed by atoms with Crippen molar-refractivity contribution in [3.8, 4) is 0 Å². The van der Waals surface area contributed by atoms with Crippen molar-refractivity contribution in [3.05, 3.63) is 38.7 Å². The first-order valence-electron chi connectivity index (χ1n) is 5.99. The molecule has 9 nitrogen and oxygen atoms in total. The van der Waals surface area contributed by atoms with E-state index in [0.29, 0.717) is 0 Å². The summed E-state index contributed by atoms with van der Waals surface area (Å²) in [6, 6.07) is 1.30. The standard InChI is InChI=1S/C12H12N4O5/c1-16-9-7(11(20)15-12(16)21)4-6(5-14-9)10(19)13-3-2-8(17)18/h4-5H,2-3H2,1H3,(H,13,19)(H,17,18)(H,15,20,21). The lowest BCUT2D eigenvalue weighted by Gasteiger charge is -2.06. The molecule has 0 aliphatic carbocycles. The normalized spacial score (nSPS) is 10.5. The third-order valence-corrected chi connectivity index (χ3v) is 2.84. The second-order valence-electron chi connectivity index (χ2n) is 4.31. The van der Waals surface area contributed by atoms with Crippen LogP contribution in [0.2, 0.25) is 0 Å². The van der Waals surface area contributed by atoms with Gasteiger partial charge in [0.05, 0.1) is 17.4 Å². The SMILES string of the molecule is Cn1c(=O)[nH]c(=O)c2cc(C(=O)NCCC(=O)O)cnc21. The van der Waals surface area contributed by atoms with Gasteiger partial charge in [0.1, 0.15) is 5.65 Å². The highest BCUT2D eigenvalue weighted by atomic mass is 16.4. The molecule has 0 atom stereocenters. The van der Waals surface area contributed by atoms with Crippen LogP contribution in [0.5, 0.6) is 0 Å². The number of hydrogen-bond donors (Lipinski definition) is 3. The molecule has 21 heavy (non-hydrogen) atoms. The number of hydrogen-bond acceptors (Lipinski definition) is 5. The fraction of sp³-hybridized carbons (Fsp3) is 0.250. The Morgan fingerprint density at radius 2 is 2.14 bits per heavy atom. The minimum atomic E-state index is -1.03. The van der Waals surface area contributed by atoms with Gasteiger partial charge in [0.15, 0.2) is 0 Å². The molecule has 0 spiro atoms. The first-order chi connectivity index (χ1) is 9.90. The van der Waals surface area contributed by atoms with Gasteiger partial charge in [-0.2, -0.15) is 0 Å². The smallest absolute Gasteiger partial charge is 0.329 e. The van der Waals surface area contributed by atoms with Crippen molar-refractivity contribution in [2.24, 2.45) is 7.05 Å². The maximum Gasteiger partial charge on any atom is 0.329 e. The van der Waals surface area contributed by atoms with Crippen LogP contribution < -0.4 is 16.6 Å². The second kappa shape index (κ2) is 5.57. The highest BCUT2D eigenvalue weighted by Crippen LogP contribution is 2.06. The minimum Gasteiger partial charge on any atom is -0.481 e. The Balaban J connectivity index is 2.35. The summed E-state index contributed by atoms with van der Waals surface area (Å²) in [6.07, 6.45) is 1.01. The zero-order valence-electron chi connectivity index (χ0n) is 11.0. The maximum atomic E-state index is 11.8. The molecule has 1 amide bonds. The molecule has 110 valence electrons. The molecule has 0 aliphatic heterocycles. The van der Waals surface area contributed by atoms with Crippen LogP contribution in [0.3, 0.4) is 0 Å². The number of carboxylic acid groups (broad SMARTS) is 1. The summed E-state index contributed by atoms with van der Waals surface area (Å²) >= 11 is 0. The number of carboxylic acids is 1. The number of H-pyrrole nitrogens is 1. The van der Waals surface area contributed by atoms with Crippen LogP contribution >= 0.6 is 0 Å². The first kappa shape index (κ1) is 14.4. The van der Waals surface area contributed by atoms with Crippen LogP contribution in [0.25, 0.3) is 11.0 Å². The summed E-state index contributed by atoms with van der Waals surface area (Å²) in [5.41, 5.74) is -0.970. The fourth-order valence-electron chi connectivity index (χ4n) is 1.75. The molecule has 0 unspecified atom stereocenters. The number of aliphatic carboxylic acids is 1. The number of carbonyl (C=O) groups excluding carboxylic acids is 1. The molecule has 0 aliphatic rings. The Bertz CT molecular complexity index is 836. The van der Waals surface area contributed by atoms with Gasteiger partial charge < -0.3 is 10.4 Å². The third kappa shape index (κ3) is 2.96. The zero-order chi connectivity index (χ0) is 15.6. The van der Waals surface area contributed by atoms with E-state index in [2.05, 4.69) is 15.3 Å². The lowest BCUT2D eigenvalue weighted by Crippen LogP contribution is -2.30. The maximum absolute atomic E-state index is 11.8. The van der Waals surface area contributed by atoms with Crippen molar-refractivity contribution >= 4 is 22.9 Å². The van der Waals surface area contributed by atoms with Crippen molar-refractivity contribution in [2.45, 2.75) is 6.42 Å². The Morgan fingerprint density at radius 1 is 1.43 bits per heavy atom. The van der Waals surface area contributed by atoms with Crippen molar-refractivity contribution in [1.82, 2.24) is 19.9 Å². The van der Waals surface area contributed by atoms with Gasteiger partial charge in [-0.3, -0.25) is 23.9 Å². The zero-order valence-corrected chi connectivity index (χ0v) is 11.0. The van der Waals surface area contributed by atoms with E-state index < -0.39 is 23.1 Å². The molecule has 2 aromatic rings. The van der Waals surface area contributed by atoms with Gasteiger partial charge in [0.2, 0.25) is 0 Å². The predicted molar refractivity (Wildman–Crippen MR) is 72.2 cm³/mol. The molecule has 0 bridgehead atoms. The van der Waals surface area contributed by atoms with Crippen molar-refractivity contribution in [3.63, 3.8) is 0 Å². The van der Waals surface area contributed by atoms with Gasteiger partial charge in [-0.1, -0.05) is 0 Å². The Hall–Kier alpha value is -2.97. The molecular weight excluding hydrogens is 280 g/mol. The van der Waals surface area contributed by atoms with Crippen LogP contribution in [-0.2, 0) is 11.8 Å². The average molecular weight is 292 g/mol. The number of rotatable bonds is 4. The van der Waals surface area contributed by atoms with E-state index in [1.165, 1.54) is 19.3 Å². The summed E-state index contributed by atoms with van der Waals surface area (Å²) in [4.78, 5) is 51.3. The number of fused-ring (bicyclic) bond motifs is 1. The largest absolute Gasteiger partial charge is 0.481 e. The van der Waals surface area contributed by atoms with E-state index in [-0.39, 0.29) is 29.6 Å². The van der Waals surface area contributed by atoms with Gasteiger partial charge in [-0.05, 0) is 6.07 Å². The monoisotopic (exact) mass is 292 g/mol. The number of aromatic nitrogens is 3. The lowest BCUT2D eigenvalue weighted by molar-refractivity contribution is -0.136. The molecular formula is C12H12N4O5. The number of aromatic amines is 1. The quantitative estimate of drug-likeness (QED) is 0.649. The van der Waals surface area contributed by atoms with E-state index in [1.54, 1.807) is 0 Å². The Labute approximate surface area is 117 Å². The lowest BCUT2D eigenvalue weighted by atomic mass is 10.2. The number of aryl methyl sites for hydroxylation is 1. The average Bonchev–Trinajstić information content (AvgIpc) is 2.44. The van der Waals surface area contributed by atoms with E-state index >= 15 is 0 Å². The van der Waals surface area contributed by atoms with Crippen molar-refractivity contribution in [1.29, 1.82) is 0 Å². The highest BCUT2D eigenvalue weighted by Gasteiger charge is 2.11. The Kier molecular flexibility index (Phi) is 3.83. The molecule has 0 saturated carbocycles. The fourth-order valence-corrected chi connectivity index (χ4v) is 1.75. The number of nitrogens with one attached hydrogen (secondary N) is 2. The van der Waals surface area contributed by atoms with Gasteiger partial charge in [0.25, 0.3) is 11.5 Å². The van der Waals surface area contributed by atoms with Crippen LogP contribution in [0.1, 0.15) is 16.8 Å². The van der Waals surface area contributed by atoms with Crippen LogP contribution in [0.15, 0.2) is 21.9 Å². The Morgan fingerprint density at radius 3 is 2.81 bits per heavy atom. The number of pyridine rings is 1. The summed E-state index contributed by atoms with van der Waals surface area (Å²) < 4.78 is 1.16. The van der Waals surface area contributed by atoms with Gasteiger partial charge >= 0.3 is 11.7 Å². The molecule has 0 radical (unpaired) electrons. The molecule has 2 aromatic heterocycles. The van der Waals surface area contributed by atoms with E-state index in [9.17, 15) is 19.2 Å². The van der Waals surface area contributed by atoms with Crippen LogP contribution in [-0.4, -0.2) is 38.1 Å². The molecule has 3 N–H and O–H groups in total. The minimum absolute atomic E-state index is 0.0319. The van der Waals surface area contributed by atoms with Crippen LogP contribution in [0.4, 0.5) is 0 Å². The number of amides is 1. The van der Waals surface area contributed by atoms with Gasteiger partial charge in [-0.25, -0.2) is 9.78 Å². The summed E-state index contributed by atoms with van der Waals surface area (Å²) in [5, 5.41) is 11.0. The van der Waals surface area contributed by atoms with E-state index in [0.717, 1.165) is 4.57 Å². The van der Waals surface area contributed by atoms with Gasteiger partial charge in [-0.15, -0.1) is 0 Å². The van der Waals surface area contributed by atoms with Crippen molar-refractivity contribution < 1.29 is 14.7 Å². The van der Waals surface area contributed by atoms with E-state index in [4.69, 9.17) is 5.11 Å². The molecule has 0 fully saturated rings. The highest BCUT2D eigenvalue weighted by molar-refractivity contribution is 5.96. The molecule has 9 heteroatoms. The first-order valence-corrected chi connectivity index (χ1v) is 5.99. The van der Waals surface area contributed by atoms with E-state index in [1.807, 2.05) is 0 Å². The molecule has 0 aromatic carbocycles. The topological polar surface area (TPSA) is 134 Å². The predicted octanol–water partition coefficient (Wildman–Crippen LogP) is -1.17. The number of nitrogens with zero attached hydrogens (tertiary/aromatic N) is 2. The summed E-state index contributed by atoms with van der Waals surface area (Å²) in [6.45, 7) is -0.0319.